The molecule has 25 heavy (non-hydrogen) atoms. The van der Waals surface area contributed by atoms with Gasteiger partial charge in [0.05, 0.1) is 11.6 Å². The van der Waals surface area contributed by atoms with Gasteiger partial charge in [0, 0.05) is 30.4 Å². The Labute approximate surface area is 147 Å². The van der Waals surface area contributed by atoms with Crippen molar-refractivity contribution in [1.82, 2.24) is 0 Å². The van der Waals surface area contributed by atoms with Gasteiger partial charge < -0.3 is 20.1 Å². The molecule has 2 aromatic carbocycles. The molecule has 0 radical (unpaired) electrons. The first kappa shape index (κ1) is 17.5. The zero-order valence-corrected chi connectivity index (χ0v) is 13.8. The molecule has 1 heterocycles. The smallest absolute Gasteiger partial charge is 0.487 e. The molecule has 0 saturated carbocycles. The van der Waals surface area contributed by atoms with Crippen LogP contribution in [0.4, 0.5) is 24.5 Å². The minimum Gasteiger partial charge on any atom is -0.487 e. The number of nitrogen functional groups attached to an aromatic ring is 1. The molecule has 0 spiro atoms. The van der Waals surface area contributed by atoms with Gasteiger partial charge in [-0.15, -0.1) is 13.2 Å². The molecule has 134 valence electrons. The number of hydrogen-bond acceptors (Lipinski definition) is 4. The fourth-order valence-corrected chi connectivity index (χ4v) is 2.96. The van der Waals surface area contributed by atoms with Gasteiger partial charge in [0.1, 0.15) is 17.6 Å². The maximum Gasteiger partial charge on any atom is 0.573 e. The van der Waals surface area contributed by atoms with Crippen LogP contribution in [0.5, 0.6) is 11.5 Å². The van der Waals surface area contributed by atoms with E-state index in [1.165, 1.54) is 18.2 Å². The van der Waals surface area contributed by atoms with E-state index in [2.05, 4.69) is 4.74 Å². The van der Waals surface area contributed by atoms with Gasteiger partial charge in [0.25, 0.3) is 0 Å². The lowest BCUT2D eigenvalue weighted by Gasteiger charge is -2.20. The maximum absolute atomic E-state index is 12.3. The Kier molecular flexibility index (Phi) is 4.85. The van der Waals surface area contributed by atoms with Crippen LogP contribution >= 0.6 is 11.6 Å². The van der Waals surface area contributed by atoms with E-state index in [1.54, 1.807) is 24.3 Å². The summed E-state index contributed by atoms with van der Waals surface area (Å²) >= 11 is 6.10. The Morgan fingerprint density at radius 3 is 2.68 bits per heavy atom. The van der Waals surface area contributed by atoms with Crippen LogP contribution < -0.4 is 20.1 Å². The van der Waals surface area contributed by atoms with E-state index in [-0.39, 0.29) is 11.9 Å². The Morgan fingerprint density at radius 2 is 1.96 bits per heavy atom. The molecule has 8 heteroatoms. The predicted molar refractivity (Wildman–Crippen MR) is 90.2 cm³/mol. The Morgan fingerprint density at radius 1 is 1.16 bits per heavy atom. The van der Waals surface area contributed by atoms with E-state index in [4.69, 9.17) is 22.1 Å². The molecule has 1 aliphatic heterocycles. The molecule has 0 bridgehead atoms. The molecule has 1 fully saturated rings. The summed E-state index contributed by atoms with van der Waals surface area (Å²) in [6.07, 6.45) is -4.10. The molecule has 1 aliphatic rings. The van der Waals surface area contributed by atoms with Crippen molar-refractivity contribution in [1.29, 1.82) is 0 Å². The lowest BCUT2D eigenvalue weighted by atomic mass is 10.2. The zero-order chi connectivity index (χ0) is 18.0. The SMILES string of the molecule is Nc1ccc(O[C@H]2CCN(c3cccc(OC(F)(F)F)c3)C2)c(Cl)c1. The van der Waals surface area contributed by atoms with Crippen molar-refractivity contribution in [3.05, 3.63) is 47.5 Å². The van der Waals surface area contributed by atoms with Crippen LogP contribution in [0, 0.1) is 0 Å². The highest BCUT2D eigenvalue weighted by Crippen LogP contribution is 2.31. The van der Waals surface area contributed by atoms with Gasteiger partial charge in [-0.05, 0) is 30.3 Å². The second-order valence-electron chi connectivity index (χ2n) is 5.71. The van der Waals surface area contributed by atoms with Gasteiger partial charge in [0.15, 0.2) is 0 Å². The molecule has 2 N–H and O–H groups in total. The van der Waals surface area contributed by atoms with Crippen molar-refractivity contribution >= 4 is 23.0 Å². The number of alkyl halides is 3. The molecular formula is C17H16ClF3N2O2. The quantitative estimate of drug-likeness (QED) is 0.804. The summed E-state index contributed by atoms with van der Waals surface area (Å²) in [5.41, 5.74) is 6.85. The number of nitrogens with two attached hydrogens (primary N) is 1. The summed E-state index contributed by atoms with van der Waals surface area (Å²) in [6.45, 7) is 1.20. The Balaban J connectivity index is 1.65. The van der Waals surface area contributed by atoms with Crippen LogP contribution in [0.25, 0.3) is 0 Å². The second kappa shape index (κ2) is 6.92. The van der Waals surface area contributed by atoms with E-state index in [1.807, 2.05) is 4.90 Å². The molecule has 0 amide bonds. The van der Waals surface area contributed by atoms with Gasteiger partial charge in [-0.25, -0.2) is 0 Å². The third kappa shape index (κ3) is 4.63. The summed E-state index contributed by atoms with van der Waals surface area (Å²) in [7, 11) is 0. The molecule has 1 saturated heterocycles. The van der Waals surface area contributed by atoms with Crippen molar-refractivity contribution in [3.8, 4) is 11.5 Å². The van der Waals surface area contributed by atoms with Crippen molar-refractivity contribution in [2.24, 2.45) is 0 Å². The summed E-state index contributed by atoms with van der Waals surface area (Å²) in [5.74, 6) is 0.299. The molecule has 0 aromatic heterocycles. The third-order valence-electron chi connectivity index (χ3n) is 3.81. The standard InChI is InChI=1S/C17H16ClF3N2O2/c18-15-8-11(22)4-5-16(15)24-14-6-7-23(10-14)12-2-1-3-13(9-12)25-17(19,20)21/h1-5,8-9,14H,6-7,10,22H2/t14-/m0/s1. The van der Waals surface area contributed by atoms with Crippen LogP contribution in [0.1, 0.15) is 6.42 Å². The largest absolute Gasteiger partial charge is 0.573 e. The van der Waals surface area contributed by atoms with Crippen LogP contribution in [0.2, 0.25) is 5.02 Å². The molecule has 1 atom stereocenters. The predicted octanol–water partition coefficient (Wildman–Crippen LogP) is 4.48. The monoisotopic (exact) mass is 372 g/mol. The zero-order valence-electron chi connectivity index (χ0n) is 13.1. The topological polar surface area (TPSA) is 47.7 Å². The number of hydrogen-bond donors (Lipinski definition) is 1. The van der Waals surface area contributed by atoms with Crippen molar-refractivity contribution in [2.45, 2.75) is 18.9 Å². The second-order valence-corrected chi connectivity index (χ2v) is 6.12. The lowest BCUT2D eigenvalue weighted by Crippen LogP contribution is -2.24. The average Bonchev–Trinajstić information content (AvgIpc) is 2.97. The summed E-state index contributed by atoms with van der Waals surface area (Å²) in [6, 6.07) is 10.9. The molecule has 0 aliphatic carbocycles. The summed E-state index contributed by atoms with van der Waals surface area (Å²) in [5, 5.41) is 0.430. The minimum absolute atomic E-state index is 0.117. The number of halogens is 4. The van der Waals surface area contributed by atoms with Crippen LogP contribution in [0.15, 0.2) is 42.5 Å². The molecule has 3 rings (SSSR count). The van der Waals surface area contributed by atoms with Gasteiger partial charge in [-0.3, -0.25) is 0 Å². The number of rotatable bonds is 4. The molecule has 4 nitrogen and oxygen atoms in total. The molecule has 0 unspecified atom stereocenters. The van der Waals surface area contributed by atoms with Gasteiger partial charge >= 0.3 is 6.36 Å². The van der Waals surface area contributed by atoms with Crippen LogP contribution in [-0.4, -0.2) is 25.6 Å². The first-order valence-corrected chi connectivity index (χ1v) is 8.00. The third-order valence-corrected chi connectivity index (χ3v) is 4.11. The average molecular weight is 373 g/mol. The van der Waals surface area contributed by atoms with Gasteiger partial charge in [-0.2, -0.15) is 0 Å². The summed E-state index contributed by atoms with van der Waals surface area (Å²) < 4.78 is 46.9. The Hall–Kier alpha value is -2.28. The molecule has 2 aromatic rings. The fraction of sp³-hybridized carbons (Fsp3) is 0.294. The maximum atomic E-state index is 12.3. The van der Waals surface area contributed by atoms with E-state index in [0.29, 0.717) is 35.2 Å². The number of ether oxygens (including phenoxy) is 2. The Bertz CT molecular complexity index is 755. The van der Waals surface area contributed by atoms with Crippen molar-refractivity contribution in [2.75, 3.05) is 23.7 Å². The van der Waals surface area contributed by atoms with E-state index >= 15 is 0 Å². The first-order chi connectivity index (χ1) is 11.8. The highest BCUT2D eigenvalue weighted by molar-refractivity contribution is 6.32. The minimum atomic E-state index is -4.71. The normalized spacial score (nSPS) is 17.6. The summed E-state index contributed by atoms with van der Waals surface area (Å²) in [4.78, 5) is 1.94. The van der Waals surface area contributed by atoms with Gasteiger partial charge in [0.2, 0.25) is 0 Å². The number of nitrogens with zero attached hydrogens (tertiary/aromatic N) is 1. The number of anilines is 2. The highest BCUT2D eigenvalue weighted by Gasteiger charge is 2.31. The van der Waals surface area contributed by atoms with E-state index < -0.39 is 6.36 Å². The first-order valence-electron chi connectivity index (χ1n) is 7.62. The van der Waals surface area contributed by atoms with Crippen molar-refractivity contribution in [3.63, 3.8) is 0 Å². The van der Waals surface area contributed by atoms with Crippen molar-refractivity contribution < 1.29 is 22.6 Å². The van der Waals surface area contributed by atoms with E-state index in [0.717, 1.165) is 6.42 Å². The molecular weight excluding hydrogens is 357 g/mol. The van der Waals surface area contributed by atoms with Gasteiger partial charge in [-0.1, -0.05) is 17.7 Å². The van der Waals surface area contributed by atoms with Crippen LogP contribution in [0.3, 0.4) is 0 Å². The lowest BCUT2D eigenvalue weighted by molar-refractivity contribution is -0.274. The number of benzene rings is 2. The highest BCUT2D eigenvalue weighted by atomic mass is 35.5. The van der Waals surface area contributed by atoms with Crippen LogP contribution in [-0.2, 0) is 0 Å². The fourth-order valence-electron chi connectivity index (χ4n) is 2.73. The van der Waals surface area contributed by atoms with E-state index in [9.17, 15) is 13.2 Å².